The van der Waals surface area contributed by atoms with E-state index >= 15 is 0 Å². The van der Waals surface area contributed by atoms with Gasteiger partial charge in [0.25, 0.3) is 0 Å². The Morgan fingerprint density at radius 1 is 1.38 bits per heavy atom. The fraction of sp³-hybridized carbons (Fsp3) is 0.368. The lowest BCUT2D eigenvalue weighted by molar-refractivity contribution is 0.195. The quantitative estimate of drug-likeness (QED) is 0.883. The summed E-state index contributed by atoms with van der Waals surface area (Å²) >= 11 is 0. The Hall–Kier alpha value is -2.80. The summed E-state index contributed by atoms with van der Waals surface area (Å²) in [5.74, 6) is 0.685. The number of ether oxygens (including phenoxy) is 1. The maximum atomic E-state index is 12.8. The van der Waals surface area contributed by atoms with Gasteiger partial charge < -0.3 is 25.0 Å². The summed E-state index contributed by atoms with van der Waals surface area (Å²) in [4.78, 5) is 21.0. The maximum Gasteiger partial charge on any atom is 0.322 e. The van der Waals surface area contributed by atoms with Gasteiger partial charge in [-0.25, -0.2) is 4.79 Å². The first-order chi connectivity index (χ1) is 12.6. The molecule has 2 N–H and O–H groups in total. The van der Waals surface area contributed by atoms with Gasteiger partial charge >= 0.3 is 6.03 Å². The van der Waals surface area contributed by atoms with Crippen molar-refractivity contribution in [1.82, 2.24) is 9.88 Å². The normalized spacial score (nSPS) is 17.1. The van der Waals surface area contributed by atoms with Crippen molar-refractivity contribution in [1.29, 1.82) is 0 Å². The fourth-order valence-corrected chi connectivity index (χ4v) is 3.12. The molecule has 1 aliphatic heterocycles. The lowest BCUT2D eigenvalue weighted by Gasteiger charge is -2.35. The van der Waals surface area contributed by atoms with Crippen LogP contribution in [-0.2, 0) is 6.54 Å². The molecule has 0 saturated carbocycles. The molecule has 2 aromatic rings. The number of nitrogens with zero attached hydrogens (tertiary/aromatic N) is 3. The molecule has 1 aromatic heterocycles. The van der Waals surface area contributed by atoms with Crippen molar-refractivity contribution in [3.63, 3.8) is 0 Å². The van der Waals surface area contributed by atoms with Gasteiger partial charge in [0.05, 0.1) is 37.7 Å². The molecule has 0 fully saturated rings. The van der Waals surface area contributed by atoms with E-state index in [9.17, 15) is 9.90 Å². The second-order valence-corrected chi connectivity index (χ2v) is 6.29. The molecular weight excluding hydrogens is 332 g/mol. The Bertz CT molecular complexity index is 768. The number of fused-ring (bicyclic) bond motifs is 1. The molecule has 2 heterocycles. The summed E-state index contributed by atoms with van der Waals surface area (Å²) in [7, 11) is 3.54. The summed E-state index contributed by atoms with van der Waals surface area (Å²) in [6, 6.07) is 10.8. The number of likely N-dealkylation sites (N-methyl/N-ethyl adjacent to an activating group) is 1. The largest absolute Gasteiger partial charge is 0.497 e. The molecule has 2 amide bonds. The topological polar surface area (TPSA) is 77.9 Å². The van der Waals surface area contributed by atoms with Gasteiger partial charge in [0.15, 0.2) is 0 Å². The molecule has 1 atom stereocenters. The maximum absolute atomic E-state index is 12.8. The van der Waals surface area contributed by atoms with Crippen LogP contribution in [0.2, 0.25) is 0 Å². The monoisotopic (exact) mass is 356 g/mol. The first-order valence-corrected chi connectivity index (χ1v) is 8.60. The van der Waals surface area contributed by atoms with Crippen molar-refractivity contribution in [3.05, 3.63) is 48.3 Å². The second kappa shape index (κ2) is 8.05. The average Bonchev–Trinajstić information content (AvgIpc) is 2.66. The van der Waals surface area contributed by atoms with Gasteiger partial charge in [-0.1, -0.05) is 6.07 Å². The number of nitrogens with one attached hydrogen (secondary N) is 1. The molecular formula is C19H24N4O3. The Kier molecular flexibility index (Phi) is 5.58. The number of carbonyl (C=O) groups is 1. The third kappa shape index (κ3) is 3.88. The van der Waals surface area contributed by atoms with Crippen LogP contribution < -0.4 is 15.0 Å². The van der Waals surface area contributed by atoms with Crippen LogP contribution in [0.3, 0.4) is 0 Å². The summed E-state index contributed by atoms with van der Waals surface area (Å²) in [5.41, 5.74) is 2.42. The van der Waals surface area contributed by atoms with E-state index in [0.29, 0.717) is 30.9 Å². The molecule has 1 aromatic carbocycles. The molecule has 0 saturated heterocycles. The fourth-order valence-electron chi connectivity index (χ4n) is 3.12. The number of aromatic nitrogens is 1. The molecule has 0 radical (unpaired) electrons. The lowest BCUT2D eigenvalue weighted by Crippen LogP contribution is -2.44. The summed E-state index contributed by atoms with van der Waals surface area (Å²) in [6.45, 7) is 0.964. The van der Waals surface area contributed by atoms with E-state index in [1.807, 2.05) is 42.3 Å². The van der Waals surface area contributed by atoms with Crippen molar-refractivity contribution in [2.45, 2.75) is 19.0 Å². The van der Waals surface area contributed by atoms with Crippen LogP contribution in [0.15, 0.2) is 42.6 Å². The standard InChI is InChI=1S/C19H24N4O3/c1-22-15(13-24)8-10-23(12-17-18(22)7-4-9-20-17)19(25)21-14-5-3-6-16(11-14)26-2/h3-7,9,11,15,24H,8,10,12-13H2,1-2H3,(H,21,25). The van der Waals surface area contributed by atoms with Crippen LogP contribution in [0, 0.1) is 0 Å². The molecule has 138 valence electrons. The van der Waals surface area contributed by atoms with E-state index in [-0.39, 0.29) is 18.7 Å². The summed E-state index contributed by atoms with van der Waals surface area (Å²) in [5, 5.41) is 12.6. The highest BCUT2D eigenvalue weighted by atomic mass is 16.5. The minimum absolute atomic E-state index is 0.0240. The van der Waals surface area contributed by atoms with Gasteiger partial charge in [0.2, 0.25) is 0 Å². The average molecular weight is 356 g/mol. The Morgan fingerprint density at radius 2 is 2.23 bits per heavy atom. The number of carbonyl (C=O) groups excluding carboxylic acids is 1. The molecule has 1 aliphatic rings. The van der Waals surface area contributed by atoms with Crippen molar-refractivity contribution in [3.8, 4) is 5.75 Å². The highest BCUT2D eigenvalue weighted by Crippen LogP contribution is 2.25. The molecule has 7 nitrogen and oxygen atoms in total. The third-order valence-corrected chi connectivity index (χ3v) is 4.69. The van der Waals surface area contributed by atoms with Crippen molar-refractivity contribution >= 4 is 17.4 Å². The zero-order chi connectivity index (χ0) is 18.5. The van der Waals surface area contributed by atoms with E-state index in [0.717, 1.165) is 11.4 Å². The highest BCUT2D eigenvalue weighted by Gasteiger charge is 2.25. The number of amides is 2. The third-order valence-electron chi connectivity index (χ3n) is 4.69. The van der Waals surface area contributed by atoms with Gasteiger partial charge in [0, 0.05) is 31.5 Å². The minimum Gasteiger partial charge on any atom is -0.497 e. The second-order valence-electron chi connectivity index (χ2n) is 6.29. The van der Waals surface area contributed by atoms with Gasteiger partial charge in [-0.05, 0) is 30.7 Å². The molecule has 7 heteroatoms. The van der Waals surface area contributed by atoms with E-state index in [1.165, 1.54) is 0 Å². The van der Waals surface area contributed by atoms with Gasteiger partial charge in [-0.3, -0.25) is 4.98 Å². The zero-order valence-corrected chi connectivity index (χ0v) is 15.1. The molecule has 3 rings (SSSR count). The number of anilines is 2. The predicted molar refractivity (Wildman–Crippen MR) is 101 cm³/mol. The molecule has 0 spiro atoms. The smallest absolute Gasteiger partial charge is 0.322 e. The summed E-state index contributed by atoms with van der Waals surface area (Å²) in [6.07, 6.45) is 2.40. The lowest BCUT2D eigenvalue weighted by atomic mass is 10.1. The first kappa shape index (κ1) is 18.0. The van der Waals surface area contributed by atoms with Crippen LogP contribution in [0.4, 0.5) is 16.2 Å². The number of pyridine rings is 1. The Balaban J connectivity index is 1.81. The number of rotatable bonds is 3. The van der Waals surface area contributed by atoms with E-state index in [2.05, 4.69) is 10.3 Å². The molecule has 0 aliphatic carbocycles. The van der Waals surface area contributed by atoms with E-state index < -0.39 is 0 Å². The molecule has 26 heavy (non-hydrogen) atoms. The highest BCUT2D eigenvalue weighted by molar-refractivity contribution is 5.89. The molecule has 1 unspecified atom stereocenters. The number of benzene rings is 1. The number of methoxy groups -OCH3 is 1. The van der Waals surface area contributed by atoms with E-state index in [4.69, 9.17) is 4.74 Å². The van der Waals surface area contributed by atoms with Crippen LogP contribution in [0.5, 0.6) is 5.75 Å². The van der Waals surface area contributed by atoms with Crippen molar-refractivity contribution in [2.75, 3.05) is 37.5 Å². The predicted octanol–water partition coefficient (Wildman–Crippen LogP) is 2.33. The minimum atomic E-state index is -0.198. The van der Waals surface area contributed by atoms with Crippen LogP contribution in [0.1, 0.15) is 12.1 Å². The van der Waals surface area contributed by atoms with Crippen LogP contribution in [-0.4, -0.2) is 54.4 Å². The number of aliphatic hydroxyl groups excluding tert-OH is 1. The summed E-state index contributed by atoms with van der Waals surface area (Å²) < 4.78 is 5.20. The zero-order valence-electron chi connectivity index (χ0n) is 15.1. The van der Waals surface area contributed by atoms with Gasteiger partial charge in [-0.2, -0.15) is 0 Å². The van der Waals surface area contributed by atoms with Gasteiger partial charge in [0.1, 0.15) is 5.75 Å². The molecule has 0 bridgehead atoms. The van der Waals surface area contributed by atoms with Crippen LogP contribution in [0.25, 0.3) is 0 Å². The Labute approximate surface area is 153 Å². The number of urea groups is 1. The first-order valence-electron chi connectivity index (χ1n) is 8.60. The number of hydrogen-bond acceptors (Lipinski definition) is 5. The van der Waals surface area contributed by atoms with Gasteiger partial charge in [-0.15, -0.1) is 0 Å². The van der Waals surface area contributed by atoms with E-state index in [1.54, 1.807) is 24.3 Å². The SMILES string of the molecule is COc1cccc(NC(=O)N2CCC(CO)N(C)c3cccnc3C2)c1. The van der Waals surface area contributed by atoms with Crippen molar-refractivity contribution < 1.29 is 14.6 Å². The number of hydrogen-bond donors (Lipinski definition) is 2. The van der Waals surface area contributed by atoms with Crippen LogP contribution >= 0.6 is 0 Å². The number of aliphatic hydroxyl groups is 1. The Morgan fingerprint density at radius 3 is 3.00 bits per heavy atom. The van der Waals surface area contributed by atoms with Crippen molar-refractivity contribution in [2.24, 2.45) is 0 Å².